The number of carbonyl (C=O) groups is 3. The molecule has 0 radical (unpaired) electrons. The number of hydrogen-bond donors (Lipinski definition) is 1. The van der Waals surface area contributed by atoms with Crippen LogP contribution in [-0.2, 0) is 20.9 Å². The monoisotopic (exact) mass is 404 g/mol. The maximum Gasteiger partial charge on any atom is 0.326 e. The first-order valence-electron chi connectivity index (χ1n) is 8.85. The molecule has 2 aromatic rings. The minimum absolute atomic E-state index is 0.0998. The van der Waals surface area contributed by atoms with E-state index in [2.05, 4.69) is 15.5 Å². The highest BCUT2D eigenvalue weighted by molar-refractivity contribution is 6.30. The lowest BCUT2D eigenvalue weighted by molar-refractivity contribution is -0.149. The Morgan fingerprint density at radius 2 is 1.93 bits per heavy atom. The number of halogens is 1. The van der Waals surface area contributed by atoms with Gasteiger partial charge >= 0.3 is 12.0 Å². The van der Waals surface area contributed by atoms with Crippen LogP contribution in [0.15, 0.2) is 28.7 Å². The van der Waals surface area contributed by atoms with Crippen molar-refractivity contribution >= 4 is 29.5 Å². The predicted octanol–water partition coefficient (Wildman–Crippen LogP) is 2.30. The highest BCUT2D eigenvalue weighted by Crippen LogP contribution is 2.34. The molecule has 2 aliphatic rings. The van der Waals surface area contributed by atoms with Crippen molar-refractivity contribution in [2.45, 2.75) is 37.8 Å². The average molecular weight is 405 g/mol. The fourth-order valence-electron chi connectivity index (χ4n) is 3.48. The molecule has 1 N–H and O–H groups in total. The molecule has 2 heterocycles. The number of urea groups is 1. The molecule has 146 valence electrons. The molecule has 1 aliphatic carbocycles. The second-order valence-electron chi connectivity index (χ2n) is 6.78. The van der Waals surface area contributed by atoms with E-state index in [4.69, 9.17) is 20.8 Å². The largest absolute Gasteiger partial charge is 0.454 e. The molecule has 0 atom stereocenters. The molecular weight excluding hydrogens is 388 g/mol. The van der Waals surface area contributed by atoms with Crippen LogP contribution in [0.3, 0.4) is 0 Å². The normalized spacial score (nSPS) is 18.0. The Bertz CT molecular complexity index is 920. The lowest BCUT2D eigenvalue weighted by Gasteiger charge is -2.19. The van der Waals surface area contributed by atoms with Gasteiger partial charge in [-0.25, -0.2) is 4.79 Å². The van der Waals surface area contributed by atoms with E-state index in [0.717, 1.165) is 17.7 Å². The van der Waals surface area contributed by atoms with Crippen LogP contribution < -0.4 is 5.32 Å². The van der Waals surface area contributed by atoms with Gasteiger partial charge in [0.25, 0.3) is 11.8 Å². The number of hydrogen-bond acceptors (Lipinski definition) is 7. The Balaban J connectivity index is 1.33. The molecular formula is C18H17ClN4O5. The number of nitrogens with zero attached hydrogens (tertiary/aromatic N) is 3. The van der Waals surface area contributed by atoms with Crippen molar-refractivity contribution in [2.75, 3.05) is 6.54 Å². The Morgan fingerprint density at radius 3 is 2.64 bits per heavy atom. The third kappa shape index (κ3) is 3.45. The van der Waals surface area contributed by atoms with Gasteiger partial charge in [-0.05, 0) is 37.1 Å². The van der Waals surface area contributed by atoms with Gasteiger partial charge < -0.3 is 14.5 Å². The number of nitrogens with one attached hydrogen (secondary N) is 1. The average Bonchev–Trinajstić information content (AvgIpc) is 3.39. The van der Waals surface area contributed by atoms with Gasteiger partial charge in [0.15, 0.2) is 6.61 Å². The number of benzene rings is 1. The summed E-state index contributed by atoms with van der Waals surface area (Å²) in [5, 5.41) is 11.0. The summed E-state index contributed by atoms with van der Waals surface area (Å²) in [6, 6.07) is 6.27. The van der Waals surface area contributed by atoms with Crippen LogP contribution in [0.1, 0.15) is 31.6 Å². The molecule has 0 bridgehead atoms. The van der Waals surface area contributed by atoms with Crippen molar-refractivity contribution in [1.82, 2.24) is 20.4 Å². The fourth-order valence-corrected chi connectivity index (χ4v) is 3.60. The SMILES string of the molecule is O=C(CN1C(=O)NC2(CCCC2)C1=O)OCc1nnc(-c2ccc(Cl)cc2)o1. The van der Waals surface area contributed by atoms with Crippen molar-refractivity contribution in [1.29, 1.82) is 0 Å². The number of esters is 1. The quantitative estimate of drug-likeness (QED) is 0.600. The summed E-state index contributed by atoms with van der Waals surface area (Å²) in [5.74, 6) is -0.734. The van der Waals surface area contributed by atoms with Crippen LogP contribution in [0, 0.1) is 0 Å². The molecule has 4 rings (SSSR count). The Kier molecular flexibility index (Phi) is 4.76. The maximum absolute atomic E-state index is 12.5. The first-order chi connectivity index (χ1) is 13.5. The first kappa shape index (κ1) is 18.4. The summed E-state index contributed by atoms with van der Waals surface area (Å²) in [4.78, 5) is 37.6. The number of rotatable bonds is 5. The maximum atomic E-state index is 12.5. The van der Waals surface area contributed by atoms with Crippen LogP contribution >= 0.6 is 11.6 Å². The van der Waals surface area contributed by atoms with Crippen LogP contribution in [0.25, 0.3) is 11.5 Å². The summed E-state index contributed by atoms with van der Waals surface area (Å²) in [5.41, 5.74) is -0.173. The van der Waals surface area contributed by atoms with Crippen LogP contribution in [0.2, 0.25) is 5.02 Å². The van der Waals surface area contributed by atoms with Gasteiger partial charge in [-0.15, -0.1) is 10.2 Å². The van der Waals surface area contributed by atoms with Crippen LogP contribution in [0.4, 0.5) is 4.79 Å². The van der Waals surface area contributed by atoms with Crippen molar-refractivity contribution in [3.05, 3.63) is 35.2 Å². The highest BCUT2D eigenvalue weighted by Gasteiger charge is 2.52. The third-order valence-corrected chi connectivity index (χ3v) is 5.16. The standard InChI is InChI=1S/C18H17ClN4O5/c19-12-5-3-11(4-6-12)15-22-21-13(28-15)10-27-14(24)9-23-16(25)18(20-17(23)26)7-1-2-8-18/h3-6H,1-2,7-10H2,(H,20,26). The molecule has 2 fully saturated rings. The molecule has 1 aromatic carbocycles. The van der Waals surface area contributed by atoms with E-state index in [9.17, 15) is 14.4 Å². The van der Waals surface area contributed by atoms with E-state index in [1.807, 2.05) is 0 Å². The zero-order valence-electron chi connectivity index (χ0n) is 14.8. The highest BCUT2D eigenvalue weighted by atomic mass is 35.5. The smallest absolute Gasteiger partial charge is 0.326 e. The van der Waals surface area contributed by atoms with Crippen molar-refractivity contribution < 1.29 is 23.5 Å². The van der Waals surface area contributed by atoms with E-state index < -0.39 is 24.1 Å². The van der Waals surface area contributed by atoms with E-state index in [0.29, 0.717) is 23.4 Å². The lowest BCUT2D eigenvalue weighted by atomic mass is 9.98. The summed E-state index contributed by atoms with van der Waals surface area (Å²) < 4.78 is 10.5. The summed E-state index contributed by atoms with van der Waals surface area (Å²) in [6.07, 6.45) is 2.94. The number of ether oxygens (including phenoxy) is 1. The molecule has 3 amide bonds. The number of carbonyl (C=O) groups excluding carboxylic acids is 3. The van der Waals surface area contributed by atoms with Gasteiger partial charge in [0, 0.05) is 10.6 Å². The first-order valence-corrected chi connectivity index (χ1v) is 9.23. The lowest BCUT2D eigenvalue weighted by Crippen LogP contribution is -2.44. The third-order valence-electron chi connectivity index (χ3n) is 4.90. The minimum atomic E-state index is -0.850. The van der Waals surface area contributed by atoms with Crippen molar-refractivity contribution in [2.24, 2.45) is 0 Å². The zero-order valence-corrected chi connectivity index (χ0v) is 15.6. The summed E-state index contributed by atoms with van der Waals surface area (Å²) in [6.45, 7) is -0.710. The molecule has 1 spiro atoms. The van der Waals surface area contributed by atoms with Gasteiger partial charge in [-0.2, -0.15) is 0 Å². The molecule has 1 saturated carbocycles. The Hall–Kier alpha value is -2.94. The molecule has 28 heavy (non-hydrogen) atoms. The molecule has 9 nitrogen and oxygen atoms in total. The van der Waals surface area contributed by atoms with E-state index in [-0.39, 0.29) is 24.3 Å². The van der Waals surface area contributed by atoms with Gasteiger partial charge in [-0.1, -0.05) is 24.4 Å². The number of amides is 3. The molecule has 1 aromatic heterocycles. The summed E-state index contributed by atoms with van der Waals surface area (Å²) in [7, 11) is 0. The predicted molar refractivity (Wildman–Crippen MR) is 96.0 cm³/mol. The molecule has 1 aliphatic heterocycles. The van der Waals surface area contributed by atoms with Crippen LogP contribution in [0.5, 0.6) is 0 Å². The van der Waals surface area contributed by atoms with Crippen molar-refractivity contribution in [3.8, 4) is 11.5 Å². The Morgan fingerprint density at radius 1 is 1.21 bits per heavy atom. The second kappa shape index (κ2) is 7.23. The minimum Gasteiger partial charge on any atom is -0.454 e. The van der Waals surface area contributed by atoms with Gasteiger partial charge in [-0.3, -0.25) is 14.5 Å². The number of aromatic nitrogens is 2. The molecule has 0 unspecified atom stereocenters. The number of imide groups is 1. The van der Waals surface area contributed by atoms with Gasteiger partial charge in [0.2, 0.25) is 5.89 Å². The van der Waals surface area contributed by atoms with E-state index in [1.165, 1.54) is 0 Å². The van der Waals surface area contributed by atoms with Gasteiger partial charge in [0.05, 0.1) is 0 Å². The molecule has 10 heteroatoms. The summed E-state index contributed by atoms with van der Waals surface area (Å²) >= 11 is 5.84. The Labute approximate surface area is 165 Å². The molecule has 1 saturated heterocycles. The topological polar surface area (TPSA) is 115 Å². The zero-order chi connectivity index (χ0) is 19.7. The second-order valence-corrected chi connectivity index (χ2v) is 7.22. The fraction of sp³-hybridized carbons (Fsp3) is 0.389. The van der Waals surface area contributed by atoms with E-state index in [1.54, 1.807) is 24.3 Å². The van der Waals surface area contributed by atoms with Crippen LogP contribution in [-0.4, -0.2) is 45.1 Å². The van der Waals surface area contributed by atoms with E-state index >= 15 is 0 Å². The van der Waals surface area contributed by atoms with Gasteiger partial charge in [0.1, 0.15) is 12.1 Å². The van der Waals surface area contributed by atoms with Crippen molar-refractivity contribution in [3.63, 3.8) is 0 Å².